The summed E-state index contributed by atoms with van der Waals surface area (Å²) in [7, 11) is 0.272. The van der Waals surface area contributed by atoms with Crippen LogP contribution in [0.25, 0.3) is 0 Å². The Kier molecular flexibility index (Phi) is 34.5. The second-order valence-corrected chi connectivity index (χ2v) is 12.4. The van der Waals surface area contributed by atoms with Crippen molar-refractivity contribution in [2.45, 2.75) is 4.90 Å². The summed E-state index contributed by atoms with van der Waals surface area (Å²) in [4.78, 5) is 2.20. The van der Waals surface area contributed by atoms with Crippen LogP contribution in [0.2, 0.25) is 0 Å². The number of nitrogens with zero attached hydrogens (tertiary/aromatic N) is 1. The van der Waals surface area contributed by atoms with E-state index in [0.717, 1.165) is 6.54 Å². The van der Waals surface area contributed by atoms with E-state index in [1.807, 2.05) is 14.1 Å². The highest BCUT2D eigenvalue weighted by atomic mass is 32.2. The third-order valence-electron chi connectivity index (χ3n) is 6.27. The fraction of sp³-hybridized carbons (Fsp3) is 0.824. The molecule has 0 radical (unpaired) electrons. The SMILES string of the molecule is CN(C)CCOCCOCCOCCOCCOCCOCCOCCOCCOCCOCCOCCOCCOS(=O)(=O)c1ccccc1. The number of benzene rings is 1. The molecule has 0 heterocycles. The van der Waals surface area contributed by atoms with Gasteiger partial charge in [-0.3, -0.25) is 4.18 Å². The van der Waals surface area contributed by atoms with Crippen molar-refractivity contribution in [2.75, 3.05) is 186 Å². The van der Waals surface area contributed by atoms with Crippen LogP contribution >= 0.6 is 0 Å². The summed E-state index contributed by atoms with van der Waals surface area (Å²) in [6.07, 6.45) is 0. The standard InChI is InChI=1S/C34H63NO15S/c1-35(2)8-9-38-10-11-39-12-13-40-14-15-41-16-17-42-18-19-43-20-21-44-22-23-45-24-25-46-26-27-47-28-29-48-30-31-49-32-33-50-51(36,37)34-6-4-3-5-7-34/h3-7H,8-33H2,1-2H3. The van der Waals surface area contributed by atoms with E-state index in [1.54, 1.807) is 18.2 Å². The van der Waals surface area contributed by atoms with Gasteiger partial charge in [0.1, 0.15) is 0 Å². The van der Waals surface area contributed by atoms with Crippen LogP contribution in [0.15, 0.2) is 35.2 Å². The third-order valence-corrected chi connectivity index (χ3v) is 7.60. The summed E-state index contributed by atoms with van der Waals surface area (Å²) in [5.74, 6) is 0. The van der Waals surface area contributed by atoms with Gasteiger partial charge in [-0.25, -0.2) is 0 Å². The van der Waals surface area contributed by atoms with Crippen molar-refractivity contribution in [1.29, 1.82) is 0 Å². The van der Waals surface area contributed by atoms with Gasteiger partial charge in [0.2, 0.25) is 0 Å². The molecule has 0 spiro atoms. The van der Waals surface area contributed by atoms with E-state index >= 15 is 0 Å². The lowest BCUT2D eigenvalue weighted by Crippen LogP contribution is -2.19. The molecule has 16 nitrogen and oxygen atoms in total. The first-order valence-corrected chi connectivity index (χ1v) is 19.0. The molecule has 51 heavy (non-hydrogen) atoms. The first-order chi connectivity index (χ1) is 25.0. The molecule has 1 aromatic carbocycles. The Morgan fingerprint density at radius 3 is 0.863 bits per heavy atom. The lowest BCUT2D eigenvalue weighted by Gasteiger charge is -2.10. The lowest BCUT2D eigenvalue weighted by molar-refractivity contribution is -0.0285. The molecule has 0 saturated heterocycles. The zero-order valence-corrected chi connectivity index (χ0v) is 31.6. The van der Waals surface area contributed by atoms with Crippen molar-refractivity contribution in [3.8, 4) is 0 Å². The van der Waals surface area contributed by atoms with Crippen LogP contribution in [0.5, 0.6) is 0 Å². The summed E-state index contributed by atoms with van der Waals surface area (Å²) in [6.45, 7) is 12.4. The van der Waals surface area contributed by atoms with Crippen LogP contribution < -0.4 is 0 Å². The monoisotopic (exact) mass is 757 g/mol. The average Bonchev–Trinajstić information content (AvgIpc) is 3.12. The van der Waals surface area contributed by atoms with E-state index in [1.165, 1.54) is 12.1 Å². The Hall–Kier alpha value is -1.39. The molecule has 0 fully saturated rings. The van der Waals surface area contributed by atoms with Crippen molar-refractivity contribution >= 4 is 10.1 Å². The van der Waals surface area contributed by atoms with Crippen LogP contribution in [-0.2, 0) is 71.1 Å². The molecule has 0 saturated carbocycles. The van der Waals surface area contributed by atoms with Gasteiger partial charge in [-0.1, -0.05) is 18.2 Å². The highest BCUT2D eigenvalue weighted by Gasteiger charge is 2.13. The number of likely N-dealkylation sites (N-methyl/N-ethyl adjacent to an activating group) is 1. The van der Waals surface area contributed by atoms with Crippen LogP contribution in [0.4, 0.5) is 0 Å². The fourth-order valence-electron chi connectivity index (χ4n) is 3.63. The van der Waals surface area contributed by atoms with Gasteiger partial charge in [0.25, 0.3) is 10.1 Å². The fourth-order valence-corrected chi connectivity index (χ4v) is 4.54. The zero-order valence-electron chi connectivity index (χ0n) is 30.8. The minimum atomic E-state index is -3.76. The molecule has 0 aliphatic carbocycles. The third kappa shape index (κ3) is 34.1. The second-order valence-electron chi connectivity index (χ2n) is 10.7. The predicted molar refractivity (Wildman–Crippen MR) is 188 cm³/mol. The topological polar surface area (TPSA) is 157 Å². The van der Waals surface area contributed by atoms with Gasteiger partial charge in [0, 0.05) is 6.54 Å². The Labute approximate surface area is 305 Å². The minimum absolute atomic E-state index is 0.0598. The molecule has 0 aliphatic rings. The maximum atomic E-state index is 12.0. The second kappa shape index (κ2) is 36.9. The highest BCUT2D eigenvalue weighted by molar-refractivity contribution is 7.86. The van der Waals surface area contributed by atoms with E-state index in [0.29, 0.717) is 152 Å². The van der Waals surface area contributed by atoms with Gasteiger partial charge in [0.05, 0.1) is 170 Å². The number of rotatable bonds is 41. The molecular weight excluding hydrogens is 694 g/mol. The van der Waals surface area contributed by atoms with Gasteiger partial charge < -0.3 is 61.7 Å². The molecule has 0 amide bonds. The first-order valence-electron chi connectivity index (χ1n) is 17.5. The van der Waals surface area contributed by atoms with Crippen LogP contribution in [0.3, 0.4) is 0 Å². The molecule has 1 rings (SSSR count). The lowest BCUT2D eigenvalue weighted by atomic mass is 10.4. The summed E-state index contributed by atoms with van der Waals surface area (Å²) in [5, 5.41) is 0. The summed E-state index contributed by atoms with van der Waals surface area (Å²) >= 11 is 0. The van der Waals surface area contributed by atoms with Crippen molar-refractivity contribution < 1.29 is 69.4 Å². The Morgan fingerprint density at radius 1 is 0.373 bits per heavy atom. The Balaban J connectivity index is 1.64. The highest BCUT2D eigenvalue weighted by Crippen LogP contribution is 2.10. The number of hydrogen-bond acceptors (Lipinski definition) is 16. The van der Waals surface area contributed by atoms with Crippen LogP contribution in [0, 0.1) is 0 Å². The van der Waals surface area contributed by atoms with Gasteiger partial charge in [-0.15, -0.1) is 0 Å². The van der Waals surface area contributed by atoms with E-state index in [4.69, 9.17) is 61.0 Å². The summed E-state index contributed by atoms with van der Waals surface area (Å²) < 4.78 is 94.3. The molecule has 0 aromatic heterocycles. The molecule has 1 aromatic rings. The smallest absolute Gasteiger partial charge is 0.297 e. The molecule has 17 heteroatoms. The maximum absolute atomic E-state index is 12.0. The van der Waals surface area contributed by atoms with Crippen molar-refractivity contribution in [2.24, 2.45) is 0 Å². The van der Waals surface area contributed by atoms with E-state index in [2.05, 4.69) is 4.90 Å². The molecule has 0 bridgehead atoms. The van der Waals surface area contributed by atoms with E-state index in [-0.39, 0.29) is 18.1 Å². The van der Waals surface area contributed by atoms with E-state index < -0.39 is 10.1 Å². The van der Waals surface area contributed by atoms with E-state index in [9.17, 15) is 8.42 Å². The Bertz CT molecular complexity index is 947. The first kappa shape index (κ1) is 47.6. The molecule has 0 atom stereocenters. The normalized spacial score (nSPS) is 12.0. The predicted octanol–water partition coefficient (Wildman–Crippen LogP) is 1.15. The average molecular weight is 758 g/mol. The summed E-state index contributed by atoms with van der Waals surface area (Å²) in [5.41, 5.74) is 0. The quantitative estimate of drug-likeness (QED) is 0.0692. The molecule has 0 N–H and O–H groups in total. The van der Waals surface area contributed by atoms with Crippen molar-refractivity contribution in [3.05, 3.63) is 30.3 Å². The molecular formula is C34H63NO15S. The number of ether oxygens (including phenoxy) is 12. The minimum Gasteiger partial charge on any atom is -0.378 e. The van der Waals surface area contributed by atoms with Crippen LogP contribution in [-0.4, -0.2) is 199 Å². The molecule has 0 unspecified atom stereocenters. The molecule has 300 valence electrons. The van der Waals surface area contributed by atoms with Gasteiger partial charge in [-0.2, -0.15) is 8.42 Å². The number of hydrogen-bond donors (Lipinski definition) is 0. The van der Waals surface area contributed by atoms with Crippen molar-refractivity contribution in [1.82, 2.24) is 4.90 Å². The van der Waals surface area contributed by atoms with Gasteiger partial charge >= 0.3 is 0 Å². The van der Waals surface area contributed by atoms with Gasteiger partial charge in [0.15, 0.2) is 0 Å². The molecule has 0 aliphatic heterocycles. The van der Waals surface area contributed by atoms with Crippen molar-refractivity contribution in [3.63, 3.8) is 0 Å². The van der Waals surface area contributed by atoms with Gasteiger partial charge in [-0.05, 0) is 26.2 Å². The summed E-state index contributed by atoms with van der Waals surface area (Å²) in [6, 6.07) is 7.98. The maximum Gasteiger partial charge on any atom is 0.297 e. The zero-order chi connectivity index (χ0) is 36.8. The van der Waals surface area contributed by atoms with Crippen LogP contribution in [0.1, 0.15) is 0 Å². The Morgan fingerprint density at radius 2 is 0.608 bits per heavy atom. The largest absolute Gasteiger partial charge is 0.378 e.